The molecule has 66 valence electrons. The van der Waals surface area contributed by atoms with Crippen molar-refractivity contribution in [3.05, 3.63) is 29.8 Å². The number of hydrogen-bond donors (Lipinski definition) is 2. The number of benzene rings is 1. The van der Waals surface area contributed by atoms with E-state index in [1.165, 1.54) is 12.1 Å². The molecular formula is C8H10F2N2. The summed E-state index contributed by atoms with van der Waals surface area (Å²) >= 11 is 0. The number of hydrogen-bond acceptors (Lipinski definition) is 2. The van der Waals surface area contributed by atoms with Gasteiger partial charge < -0.3 is 11.1 Å². The Bertz CT molecular complexity index is 243. The molecule has 0 unspecified atom stereocenters. The first-order valence-electron chi connectivity index (χ1n) is 3.62. The maximum absolute atomic E-state index is 12.5. The molecule has 0 atom stereocenters. The third kappa shape index (κ3) is 2.47. The van der Waals surface area contributed by atoms with Crippen LogP contribution in [0.3, 0.4) is 0 Å². The lowest BCUT2D eigenvalue weighted by Crippen LogP contribution is -2.13. The van der Waals surface area contributed by atoms with Gasteiger partial charge >= 0.3 is 0 Å². The summed E-state index contributed by atoms with van der Waals surface area (Å²) in [6, 6.07) is 3.27. The second kappa shape index (κ2) is 4.01. The Morgan fingerprint density at radius 2 is 1.75 bits per heavy atom. The minimum absolute atomic E-state index is 0.415. The van der Waals surface area contributed by atoms with E-state index in [-0.39, 0.29) is 0 Å². The van der Waals surface area contributed by atoms with Gasteiger partial charge in [-0.3, -0.25) is 0 Å². The maximum atomic E-state index is 12.5. The normalized spacial score (nSPS) is 9.92. The number of halogens is 2. The molecule has 0 aromatic heterocycles. The summed E-state index contributed by atoms with van der Waals surface area (Å²) in [4.78, 5) is 0. The van der Waals surface area contributed by atoms with Gasteiger partial charge in [0.1, 0.15) is 11.6 Å². The van der Waals surface area contributed by atoms with Gasteiger partial charge in [-0.25, -0.2) is 8.78 Å². The Labute approximate surface area is 69.4 Å². The molecule has 0 radical (unpaired) electrons. The second-order valence-corrected chi connectivity index (χ2v) is 2.37. The van der Waals surface area contributed by atoms with Crippen LogP contribution in [0.25, 0.3) is 0 Å². The van der Waals surface area contributed by atoms with Gasteiger partial charge in [-0.15, -0.1) is 0 Å². The van der Waals surface area contributed by atoms with Gasteiger partial charge in [0.2, 0.25) is 0 Å². The van der Waals surface area contributed by atoms with E-state index in [0.29, 0.717) is 18.8 Å². The number of nitrogens with one attached hydrogen (secondary N) is 1. The quantitative estimate of drug-likeness (QED) is 0.722. The SMILES string of the molecule is NCCNc1cc(F)cc(F)c1. The largest absolute Gasteiger partial charge is 0.384 e. The van der Waals surface area contributed by atoms with Crippen LogP contribution in [0.15, 0.2) is 18.2 Å². The van der Waals surface area contributed by atoms with Crippen molar-refractivity contribution >= 4 is 5.69 Å². The van der Waals surface area contributed by atoms with Gasteiger partial charge in [0.25, 0.3) is 0 Å². The summed E-state index contributed by atoms with van der Waals surface area (Å²) in [6.07, 6.45) is 0. The first-order chi connectivity index (χ1) is 5.72. The van der Waals surface area contributed by atoms with E-state index < -0.39 is 11.6 Å². The van der Waals surface area contributed by atoms with E-state index in [9.17, 15) is 8.78 Å². The van der Waals surface area contributed by atoms with Crippen LogP contribution in [0, 0.1) is 11.6 Å². The molecule has 0 aliphatic heterocycles. The van der Waals surface area contributed by atoms with E-state index in [1.54, 1.807) is 0 Å². The lowest BCUT2D eigenvalue weighted by Gasteiger charge is -2.03. The predicted molar refractivity (Wildman–Crippen MR) is 43.9 cm³/mol. The summed E-state index contributed by atoms with van der Waals surface area (Å²) in [7, 11) is 0. The van der Waals surface area contributed by atoms with Gasteiger partial charge in [-0.05, 0) is 12.1 Å². The van der Waals surface area contributed by atoms with Crippen molar-refractivity contribution in [2.24, 2.45) is 5.73 Å². The molecule has 0 saturated heterocycles. The third-order valence-corrected chi connectivity index (χ3v) is 1.34. The van der Waals surface area contributed by atoms with Crippen molar-refractivity contribution in [1.82, 2.24) is 0 Å². The van der Waals surface area contributed by atoms with Gasteiger partial charge in [0.15, 0.2) is 0 Å². The minimum Gasteiger partial charge on any atom is -0.384 e. The molecule has 0 bridgehead atoms. The highest BCUT2D eigenvalue weighted by Crippen LogP contribution is 2.11. The minimum atomic E-state index is -0.588. The van der Waals surface area contributed by atoms with Crippen molar-refractivity contribution in [2.45, 2.75) is 0 Å². The van der Waals surface area contributed by atoms with Crippen LogP contribution in [0.4, 0.5) is 14.5 Å². The summed E-state index contributed by atoms with van der Waals surface area (Å²) in [5.74, 6) is -1.18. The highest BCUT2D eigenvalue weighted by molar-refractivity contribution is 5.43. The molecule has 0 spiro atoms. The van der Waals surface area contributed by atoms with Crippen LogP contribution in [0.1, 0.15) is 0 Å². The van der Waals surface area contributed by atoms with E-state index in [1.807, 2.05) is 0 Å². The van der Waals surface area contributed by atoms with Crippen molar-refractivity contribution in [3.8, 4) is 0 Å². The van der Waals surface area contributed by atoms with Crippen LogP contribution in [0.5, 0.6) is 0 Å². The number of rotatable bonds is 3. The molecule has 1 aromatic rings. The predicted octanol–water partition coefficient (Wildman–Crippen LogP) is 1.34. The average molecular weight is 172 g/mol. The number of nitrogens with two attached hydrogens (primary N) is 1. The Hall–Kier alpha value is -1.16. The summed E-state index contributed by atoms with van der Waals surface area (Å²) < 4.78 is 25.1. The monoisotopic (exact) mass is 172 g/mol. The van der Waals surface area contributed by atoms with E-state index in [2.05, 4.69) is 5.32 Å². The van der Waals surface area contributed by atoms with Gasteiger partial charge in [-0.2, -0.15) is 0 Å². The standard InChI is InChI=1S/C8H10F2N2/c9-6-3-7(10)5-8(4-6)12-2-1-11/h3-5,12H,1-2,11H2. The number of anilines is 1. The second-order valence-electron chi connectivity index (χ2n) is 2.37. The molecular weight excluding hydrogens is 162 g/mol. The van der Waals surface area contributed by atoms with Gasteiger partial charge in [-0.1, -0.05) is 0 Å². The van der Waals surface area contributed by atoms with Crippen molar-refractivity contribution < 1.29 is 8.78 Å². The van der Waals surface area contributed by atoms with E-state index in [4.69, 9.17) is 5.73 Å². The zero-order valence-corrected chi connectivity index (χ0v) is 6.48. The summed E-state index contributed by atoms with van der Waals surface area (Å²) in [6.45, 7) is 0.932. The molecule has 3 N–H and O–H groups in total. The van der Waals surface area contributed by atoms with E-state index in [0.717, 1.165) is 6.07 Å². The fraction of sp³-hybridized carbons (Fsp3) is 0.250. The van der Waals surface area contributed by atoms with Crippen LogP contribution in [0.2, 0.25) is 0 Å². The Kier molecular flexibility index (Phi) is 2.99. The van der Waals surface area contributed by atoms with Crippen LogP contribution >= 0.6 is 0 Å². The van der Waals surface area contributed by atoms with Crippen molar-refractivity contribution in [3.63, 3.8) is 0 Å². The van der Waals surface area contributed by atoms with Crippen molar-refractivity contribution in [2.75, 3.05) is 18.4 Å². The maximum Gasteiger partial charge on any atom is 0.128 e. The highest BCUT2D eigenvalue weighted by Gasteiger charge is 1.98. The molecule has 0 fully saturated rings. The Morgan fingerprint density at radius 3 is 2.25 bits per heavy atom. The zero-order valence-electron chi connectivity index (χ0n) is 6.48. The highest BCUT2D eigenvalue weighted by atomic mass is 19.1. The van der Waals surface area contributed by atoms with Gasteiger partial charge in [0, 0.05) is 24.8 Å². The molecule has 0 aliphatic rings. The molecule has 0 heterocycles. The molecule has 1 rings (SSSR count). The molecule has 2 nitrogen and oxygen atoms in total. The summed E-state index contributed by atoms with van der Waals surface area (Å²) in [5, 5.41) is 2.77. The third-order valence-electron chi connectivity index (χ3n) is 1.34. The van der Waals surface area contributed by atoms with Crippen LogP contribution in [-0.4, -0.2) is 13.1 Å². The molecule has 1 aromatic carbocycles. The average Bonchev–Trinajstić information content (AvgIpc) is 1.99. The van der Waals surface area contributed by atoms with Crippen molar-refractivity contribution in [1.29, 1.82) is 0 Å². The molecule has 12 heavy (non-hydrogen) atoms. The molecule has 0 saturated carbocycles. The van der Waals surface area contributed by atoms with Crippen LogP contribution in [-0.2, 0) is 0 Å². The topological polar surface area (TPSA) is 38.0 Å². The van der Waals surface area contributed by atoms with Crippen LogP contribution < -0.4 is 11.1 Å². The zero-order chi connectivity index (χ0) is 8.97. The summed E-state index contributed by atoms with van der Waals surface area (Å²) in [5.41, 5.74) is 5.62. The molecule has 4 heteroatoms. The molecule has 0 aliphatic carbocycles. The Morgan fingerprint density at radius 1 is 1.17 bits per heavy atom. The lowest BCUT2D eigenvalue weighted by atomic mass is 10.3. The van der Waals surface area contributed by atoms with Gasteiger partial charge in [0.05, 0.1) is 0 Å². The fourth-order valence-electron chi connectivity index (χ4n) is 0.872. The first-order valence-corrected chi connectivity index (χ1v) is 3.62. The lowest BCUT2D eigenvalue weighted by molar-refractivity contribution is 0.584. The Balaban J connectivity index is 2.72. The van der Waals surface area contributed by atoms with E-state index >= 15 is 0 Å². The fourth-order valence-corrected chi connectivity index (χ4v) is 0.872. The first kappa shape index (κ1) is 8.93. The molecule has 0 amide bonds. The smallest absolute Gasteiger partial charge is 0.128 e.